The number of carbonyl (C=O) groups is 5. The summed E-state index contributed by atoms with van der Waals surface area (Å²) in [6.07, 6.45) is 13.4. The van der Waals surface area contributed by atoms with Gasteiger partial charge in [-0.3, -0.25) is 33.9 Å². The van der Waals surface area contributed by atoms with Crippen LogP contribution >= 0.6 is 12.6 Å². The molecule has 0 radical (unpaired) electrons. The molecule has 0 saturated heterocycles. The number of thiol groups is 1. The molecule has 4 N–H and O–H groups in total. The van der Waals surface area contributed by atoms with Crippen molar-refractivity contribution in [3.63, 3.8) is 0 Å². The van der Waals surface area contributed by atoms with Gasteiger partial charge < -0.3 is 30.6 Å². The van der Waals surface area contributed by atoms with E-state index in [0.717, 1.165) is 10.5 Å². The van der Waals surface area contributed by atoms with Crippen molar-refractivity contribution in [3.05, 3.63) is 78.3 Å². The zero-order valence-electron chi connectivity index (χ0n) is 27.0. The van der Waals surface area contributed by atoms with E-state index in [1.165, 1.54) is 63.5 Å². The number of fused-ring (bicyclic) bond motifs is 2. The highest BCUT2D eigenvalue weighted by molar-refractivity contribution is 7.79. The minimum Gasteiger partial charge on any atom is -0.353 e. The quantitative estimate of drug-likeness (QED) is 0.0889. The highest BCUT2D eigenvalue weighted by atomic mass is 32.1. The molecule has 3 saturated carbocycles. The monoisotopic (exact) mass is 665 g/mol. The minimum absolute atomic E-state index is 0.0355. The van der Waals surface area contributed by atoms with Gasteiger partial charge in [0, 0.05) is 54.6 Å². The maximum Gasteiger partial charge on any atom is 0.287 e. The molecule has 1 atom stereocenters. The Hall–Kier alpha value is -4.69. The van der Waals surface area contributed by atoms with Gasteiger partial charge in [-0.2, -0.15) is 12.6 Å². The molecule has 3 aromatic heterocycles. The first-order chi connectivity index (χ1) is 22.7. The lowest BCUT2D eigenvalue weighted by atomic mass is 9.77. The predicted octanol–water partition coefficient (Wildman–Crippen LogP) is 2.32. The Labute approximate surface area is 279 Å². The SMILES string of the molecule is C=C.CNC(=O)C(=O)CCC(NC(=O)c1nccc2cnccc12)C(=O)Nc1cccn(CC=O)c1=O.CNC12CCC(C1)C2.CS. The molecule has 3 aliphatic carbocycles. The van der Waals surface area contributed by atoms with Gasteiger partial charge in [-0.15, -0.1) is 13.2 Å². The van der Waals surface area contributed by atoms with Gasteiger partial charge in [-0.05, 0) is 75.6 Å². The Bertz CT molecular complexity index is 1590. The number of rotatable bonds is 11. The molecular formula is C33H43N7O6S. The van der Waals surface area contributed by atoms with Crippen LogP contribution in [0.5, 0.6) is 0 Å². The third-order valence-electron chi connectivity index (χ3n) is 8.01. The predicted molar refractivity (Wildman–Crippen MR) is 184 cm³/mol. The fourth-order valence-electron chi connectivity index (χ4n) is 5.56. The fraction of sp³-hybridized carbons (Fsp3) is 0.394. The first-order valence-electron chi connectivity index (χ1n) is 15.0. The molecule has 0 aliphatic heterocycles. The van der Waals surface area contributed by atoms with Crippen LogP contribution in [0.4, 0.5) is 5.69 Å². The summed E-state index contributed by atoms with van der Waals surface area (Å²) in [7, 11) is 3.40. The molecular weight excluding hydrogens is 622 g/mol. The molecule has 252 valence electrons. The molecule has 6 rings (SSSR count). The number of amides is 3. The average Bonchev–Trinajstić information content (AvgIpc) is 3.72. The zero-order valence-corrected chi connectivity index (χ0v) is 27.8. The van der Waals surface area contributed by atoms with Crippen molar-refractivity contribution < 1.29 is 24.0 Å². The molecule has 2 bridgehead atoms. The Balaban J connectivity index is 0.000000537. The number of pyridine rings is 3. The molecule has 3 aromatic rings. The Morgan fingerprint density at radius 2 is 1.85 bits per heavy atom. The van der Waals surface area contributed by atoms with E-state index >= 15 is 0 Å². The number of nitrogens with one attached hydrogen (secondary N) is 4. The second kappa shape index (κ2) is 19.1. The molecule has 3 aliphatic rings. The second-order valence-electron chi connectivity index (χ2n) is 10.7. The van der Waals surface area contributed by atoms with Crippen molar-refractivity contribution in [2.75, 3.05) is 25.7 Å². The van der Waals surface area contributed by atoms with Gasteiger partial charge in [0.1, 0.15) is 23.7 Å². The van der Waals surface area contributed by atoms with Crippen LogP contribution in [-0.4, -0.2) is 76.3 Å². The average molecular weight is 666 g/mol. The first kappa shape index (κ1) is 38.5. The van der Waals surface area contributed by atoms with Crippen LogP contribution in [0.2, 0.25) is 0 Å². The maximum atomic E-state index is 13.0. The number of aromatic nitrogens is 3. The molecule has 14 heteroatoms. The van der Waals surface area contributed by atoms with E-state index in [1.807, 2.05) is 0 Å². The summed E-state index contributed by atoms with van der Waals surface area (Å²) in [5, 5.41) is 11.7. The Morgan fingerprint density at radius 1 is 1.13 bits per heavy atom. The first-order valence-corrected chi connectivity index (χ1v) is 15.9. The van der Waals surface area contributed by atoms with Crippen molar-refractivity contribution in [2.45, 2.75) is 56.7 Å². The highest BCUT2D eigenvalue weighted by Gasteiger charge is 2.48. The lowest BCUT2D eigenvalue weighted by Crippen LogP contribution is -2.46. The van der Waals surface area contributed by atoms with Crippen LogP contribution in [0.3, 0.4) is 0 Å². The van der Waals surface area contributed by atoms with E-state index < -0.39 is 35.1 Å². The van der Waals surface area contributed by atoms with Crippen LogP contribution in [0, 0.1) is 5.92 Å². The third-order valence-corrected chi connectivity index (χ3v) is 8.01. The smallest absolute Gasteiger partial charge is 0.287 e. The summed E-state index contributed by atoms with van der Waals surface area (Å²) < 4.78 is 1.10. The lowest BCUT2D eigenvalue weighted by Gasteiger charge is -2.38. The van der Waals surface area contributed by atoms with Crippen molar-refractivity contribution in [1.29, 1.82) is 0 Å². The molecule has 47 heavy (non-hydrogen) atoms. The van der Waals surface area contributed by atoms with Crippen LogP contribution in [0.1, 0.15) is 49.0 Å². The van der Waals surface area contributed by atoms with Crippen molar-refractivity contribution in [2.24, 2.45) is 5.92 Å². The fourth-order valence-corrected chi connectivity index (χ4v) is 5.56. The summed E-state index contributed by atoms with van der Waals surface area (Å²) in [6.45, 7) is 5.80. The largest absolute Gasteiger partial charge is 0.353 e. The molecule has 0 aromatic carbocycles. The van der Waals surface area contributed by atoms with Crippen LogP contribution < -0.4 is 26.8 Å². The van der Waals surface area contributed by atoms with E-state index in [0.29, 0.717) is 22.6 Å². The summed E-state index contributed by atoms with van der Waals surface area (Å²) in [4.78, 5) is 81.0. The molecule has 13 nitrogen and oxygen atoms in total. The van der Waals surface area contributed by atoms with E-state index in [4.69, 9.17) is 0 Å². The van der Waals surface area contributed by atoms with Gasteiger partial charge in [-0.25, -0.2) is 0 Å². The summed E-state index contributed by atoms with van der Waals surface area (Å²) >= 11 is 3.53. The molecule has 1 unspecified atom stereocenters. The van der Waals surface area contributed by atoms with Gasteiger partial charge in [0.2, 0.25) is 11.7 Å². The van der Waals surface area contributed by atoms with Crippen molar-refractivity contribution in [3.8, 4) is 0 Å². The number of carbonyl (C=O) groups excluding carboxylic acids is 5. The topological polar surface area (TPSA) is 181 Å². The Morgan fingerprint density at radius 3 is 2.45 bits per heavy atom. The van der Waals surface area contributed by atoms with Crippen LogP contribution in [0.25, 0.3) is 10.8 Å². The molecule has 3 fully saturated rings. The van der Waals surface area contributed by atoms with Gasteiger partial charge in [0.25, 0.3) is 17.4 Å². The molecule has 3 heterocycles. The number of nitrogens with zero attached hydrogens (tertiary/aromatic N) is 3. The highest BCUT2D eigenvalue weighted by Crippen LogP contribution is 2.51. The maximum absolute atomic E-state index is 13.0. The number of hydrogen-bond donors (Lipinski definition) is 5. The number of ketones is 1. The second-order valence-corrected chi connectivity index (χ2v) is 10.7. The summed E-state index contributed by atoms with van der Waals surface area (Å²) in [6, 6.07) is 4.80. The van der Waals surface area contributed by atoms with Crippen molar-refractivity contribution >= 4 is 58.9 Å². The normalized spacial score (nSPS) is 17.4. The van der Waals surface area contributed by atoms with Crippen LogP contribution in [-0.2, 0) is 25.7 Å². The minimum atomic E-state index is -1.28. The number of hydrogen-bond acceptors (Lipinski definition) is 10. The van der Waals surface area contributed by atoms with Gasteiger partial charge >= 0.3 is 0 Å². The standard InChI is InChI=1S/C23H22N6O6.C7H13N.C2H4.CH4S/c1-24-21(33)18(31)5-4-16(20(32)28-17-3-2-10-29(11-12-30)23(17)35)27-22(34)19-15-7-8-25-13-14(15)6-9-26-19;1-8-7-3-2-6(4-7)5-7;2*1-2/h2-3,6-10,12-13,16H,4-5,11H2,1H3,(H,24,33)(H,27,34)(H,28,32);6,8H,2-5H2,1H3;1-2H2;2H,1H3. The lowest BCUT2D eigenvalue weighted by molar-refractivity contribution is -0.137. The zero-order chi connectivity index (χ0) is 35.0. The van der Waals surface area contributed by atoms with Gasteiger partial charge in [0.15, 0.2) is 0 Å². The van der Waals surface area contributed by atoms with Gasteiger partial charge in [0.05, 0.1) is 6.54 Å². The van der Waals surface area contributed by atoms with E-state index in [-0.39, 0.29) is 30.8 Å². The number of aldehydes is 1. The summed E-state index contributed by atoms with van der Waals surface area (Å²) in [5.41, 5.74) is -0.0772. The van der Waals surface area contributed by atoms with Crippen molar-refractivity contribution in [1.82, 2.24) is 30.5 Å². The number of likely N-dealkylation sites (N-methyl/N-ethyl adjacent to an activating group) is 1. The Kier molecular flexibility index (Phi) is 15.6. The van der Waals surface area contributed by atoms with Gasteiger partial charge in [-0.1, -0.05) is 0 Å². The van der Waals surface area contributed by atoms with Crippen LogP contribution in [0.15, 0.2) is 67.0 Å². The summed E-state index contributed by atoms with van der Waals surface area (Å²) in [5.74, 6) is -1.99. The molecule has 0 spiro atoms. The van der Waals surface area contributed by atoms with E-state index in [1.54, 1.807) is 24.6 Å². The molecule has 3 amide bonds. The third kappa shape index (κ3) is 10.1. The number of anilines is 1. The van der Waals surface area contributed by atoms with E-state index in [9.17, 15) is 28.8 Å². The van der Waals surface area contributed by atoms with E-state index in [2.05, 4.69) is 64.1 Å². The number of Topliss-reactive ketones (excluding diaryl/α,β-unsaturated/α-hetero) is 1.